The number of benzene rings is 2. The van der Waals surface area contributed by atoms with Gasteiger partial charge in [0, 0.05) is 30.1 Å². The standard InChI is InChI=1S/C17H12N4/c1-21-8-13-12-6-10-4-2-3-5-11(10)7-14(12)20-16-15(13)17(21)19-9-18-16/h2-9H,1H3,(H,18,19,20). The molecule has 0 amide bonds. The fourth-order valence-electron chi connectivity index (χ4n) is 3.20. The van der Waals surface area contributed by atoms with Gasteiger partial charge in [0.15, 0.2) is 0 Å². The molecule has 4 heteroatoms. The van der Waals surface area contributed by atoms with Crippen LogP contribution >= 0.6 is 0 Å². The van der Waals surface area contributed by atoms with Gasteiger partial charge >= 0.3 is 0 Å². The van der Waals surface area contributed by atoms with Crippen molar-refractivity contribution < 1.29 is 0 Å². The maximum atomic E-state index is 4.39. The minimum absolute atomic E-state index is 0.887. The summed E-state index contributed by atoms with van der Waals surface area (Å²) in [6.45, 7) is 0. The summed E-state index contributed by atoms with van der Waals surface area (Å²) in [5.41, 5.74) is 4.47. The molecule has 5 rings (SSSR count). The highest BCUT2D eigenvalue weighted by molar-refractivity contribution is 6.10. The van der Waals surface area contributed by atoms with E-state index in [9.17, 15) is 0 Å². The Labute approximate surface area is 121 Å². The van der Waals surface area contributed by atoms with Gasteiger partial charge in [-0.1, -0.05) is 24.3 Å². The zero-order valence-electron chi connectivity index (χ0n) is 11.5. The maximum Gasteiger partial charge on any atom is 0.145 e. The van der Waals surface area contributed by atoms with Crippen LogP contribution in [0.4, 0.5) is 11.5 Å². The van der Waals surface area contributed by atoms with Crippen LogP contribution in [0.1, 0.15) is 0 Å². The van der Waals surface area contributed by atoms with Crippen LogP contribution in [0.3, 0.4) is 0 Å². The first-order chi connectivity index (χ1) is 10.3. The van der Waals surface area contributed by atoms with E-state index < -0.39 is 0 Å². The van der Waals surface area contributed by atoms with E-state index >= 15 is 0 Å². The van der Waals surface area contributed by atoms with Crippen molar-refractivity contribution in [2.45, 2.75) is 0 Å². The van der Waals surface area contributed by atoms with E-state index in [1.165, 1.54) is 21.9 Å². The molecule has 21 heavy (non-hydrogen) atoms. The van der Waals surface area contributed by atoms with Gasteiger partial charge in [-0.05, 0) is 22.9 Å². The van der Waals surface area contributed by atoms with Crippen LogP contribution in [0.25, 0.3) is 32.9 Å². The van der Waals surface area contributed by atoms with Crippen molar-refractivity contribution in [1.82, 2.24) is 14.5 Å². The second-order valence-electron chi connectivity index (χ2n) is 5.44. The Hall–Kier alpha value is -2.88. The van der Waals surface area contributed by atoms with Gasteiger partial charge in [-0.25, -0.2) is 9.97 Å². The van der Waals surface area contributed by atoms with Gasteiger partial charge in [0.25, 0.3) is 0 Å². The summed E-state index contributed by atoms with van der Waals surface area (Å²) in [4.78, 5) is 8.79. The second kappa shape index (κ2) is 3.61. The first-order valence-corrected chi connectivity index (χ1v) is 6.91. The SMILES string of the molecule is Cn1cc2c3c(ncnc31)Nc1cc3ccccc3cc1-2. The molecule has 2 aromatic carbocycles. The van der Waals surface area contributed by atoms with E-state index in [4.69, 9.17) is 0 Å². The lowest BCUT2D eigenvalue weighted by atomic mass is 9.97. The highest BCUT2D eigenvalue weighted by Gasteiger charge is 2.22. The number of rotatable bonds is 0. The number of aromatic nitrogens is 3. The molecule has 3 heterocycles. The van der Waals surface area contributed by atoms with E-state index in [1.807, 2.05) is 7.05 Å². The second-order valence-corrected chi connectivity index (χ2v) is 5.44. The molecule has 1 aliphatic heterocycles. The monoisotopic (exact) mass is 272 g/mol. The van der Waals surface area contributed by atoms with E-state index in [0.717, 1.165) is 22.5 Å². The van der Waals surface area contributed by atoms with Crippen LogP contribution in [-0.2, 0) is 7.05 Å². The molecule has 0 atom stereocenters. The minimum Gasteiger partial charge on any atom is -0.339 e. The molecule has 0 aliphatic carbocycles. The molecule has 2 aromatic heterocycles. The van der Waals surface area contributed by atoms with Crippen LogP contribution in [0.2, 0.25) is 0 Å². The molecule has 0 saturated heterocycles. The van der Waals surface area contributed by atoms with Crippen molar-refractivity contribution in [2.75, 3.05) is 5.32 Å². The van der Waals surface area contributed by atoms with Crippen molar-refractivity contribution in [3.05, 3.63) is 48.9 Å². The molecule has 4 aromatic rings. The predicted molar refractivity (Wildman–Crippen MR) is 84.7 cm³/mol. The molecule has 0 fully saturated rings. The number of fused-ring (bicyclic) bond motifs is 3. The molecular weight excluding hydrogens is 260 g/mol. The largest absolute Gasteiger partial charge is 0.339 e. The van der Waals surface area contributed by atoms with E-state index in [2.05, 4.69) is 62.4 Å². The number of nitrogens with zero attached hydrogens (tertiary/aromatic N) is 3. The Morgan fingerprint density at radius 3 is 2.67 bits per heavy atom. The third-order valence-electron chi connectivity index (χ3n) is 4.18. The summed E-state index contributed by atoms with van der Waals surface area (Å²) in [5, 5.41) is 7.02. The van der Waals surface area contributed by atoms with Crippen LogP contribution in [0, 0.1) is 0 Å². The Kier molecular flexibility index (Phi) is 1.86. The van der Waals surface area contributed by atoms with Gasteiger partial charge in [0.05, 0.1) is 5.39 Å². The van der Waals surface area contributed by atoms with Crippen LogP contribution in [0.5, 0.6) is 0 Å². The first kappa shape index (κ1) is 10.9. The average Bonchev–Trinajstić information content (AvgIpc) is 2.85. The molecule has 0 spiro atoms. The van der Waals surface area contributed by atoms with Crippen LogP contribution in [0.15, 0.2) is 48.9 Å². The molecule has 1 aliphatic rings. The number of aryl methyl sites for hydroxylation is 1. The lowest BCUT2D eigenvalue weighted by Gasteiger charge is -2.18. The van der Waals surface area contributed by atoms with E-state index in [1.54, 1.807) is 6.33 Å². The molecule has 100 valence electrons. The summed E-state index contributed by atoms with van der Waals surface area (Å²) < 4.78 is 2.06. The maximum absolute atomic E-state index is 4.39. The first-order valence-electron chi connectivity index (χ1n) is 6.91. The lowest BCUT2D eigenvalue weighted by Crippen LogP contribution is -2.02. The van der Waals surface area contributed by atoms with Crippen molar-refractivity contribution in [3.8, 4) is 11.1 Å². The normalized spacial score (nSPS) is 12.4. The molecule has 0 unspecified atom stereocenters. The number of nitrogens with one attached hydrogen (secondary N) is 1. The minimum atomic E-state index is 0.887. The predicted octanol–water partition coefficient (Wildman–Crippen LogP) is 3.85. The summed E-state index contributed by atoms with van der Waals surface area (Å²) >= 11 is 0. The summed E-state index contributed by atoms with van der Waals surface area (Å²) in [6, 6.07) is 12.8. The topological polar surface area (TPSA) is 42.7 Å². The zero-order chi connectivity index (χ0) is 14.0. The van der Waals surface area contributed by atoms with Gasteiger partial charge < -0.3 is 9.88 Å². The zero-order valence-corrected chi connectivity index (χ0v) is 11.5. The van der Waals surface area contributed by atoms with E-state index in [-0.39, 0.29) is 0 Å². The van der Waals surface area contributed by atoms with Gasteiger partial charge in [0.2, 0.25) is 0 Å². The quantitative estimate of drug-likeness (QED) is 0.465. The Balaban J connectivity index is 1.95. The Morgan fingerprint density at radius 1 is 1.00 bits per heavy atom. The third-order valence-corrected chi connectivity index (χ3v) is 4.18. The molecule has 1 N–H and O–H groups in total. The summed E-state index contributed by atoms with van der Waals surface area (Å²) in [5.74, 6) is 0.887. The molecular formula is C17H12N4. The number of hydrogen-bond donors (Lipinski definition) is 1. The highest BCUT2D eigenvalue weighted by atomic mass is 15.1. The summed E-state index contributed by atoms with van der Waals surface area (Å²) in [7, 11) is 2.02. The Morgan fingerprint density at radius 2 is 1.81 bits per heavy atom. The average molecular weight is 272 g/mol. The van der Waals surface area contributed by atoms with E-state index in [0.29, 0.717) is 0 Å². The van der Waals surface area contributed by atoms with Crippen LogP contribution in [-0.4, -0.2) is 14.5 Å². The van der Waals surface area contributed by atoms with Gasteiger partial charge in [0.1, 0.15) is 17.8 Å². The van der Waals surface area contributed by atoms with Crippen molar-refractivity contribution >= 4 is 33.3 Å². The fourth-order valence-corrected chi connectivity index (χ4v) is 3.20. The fraction of sp³-hybridized carbons (Fsp3) is 0.0588. The van der Waals surface area contributed by atoms with Crippen molar-refractivity contribution in [3.63, 3.8) is 0 Å². The molecule has 0 saturated carbocycles. The number of hydrogen-bond acceptors (Lipinski definition) is 3. The van der Waals surface area contributed by atoms with Gasteiger partial charge in [-0.3, -0.25) is 0 Å². The number of anilines is 2. The van der Waals surface area contributed by atoms with Gasteiger partial charge in [-0.15, -0.1) is 0 Å². The smallest absolute Gasteiger partial charge is 0.145 e. The lowest BCUT2D eigenvalue weighted by molar-refractivity contribution is 0.945. The molecule has 0 radical (unpaired) electrons. The molecule has 0 bridgehead atoms. The summed E-state index contributed by atoms with van der Waals surface area (Å²) in [6.07, 6.45) is 3.75. The van der Waals surface area contributed by atoms with Crippen molar-refractivity contribution in [2.24, 2.45) is 7.05 Å². The molecule has 4 nitrogen and oxygen atoms in total. The third kappa shape index (κ3) is 1.34. The Bertz CT molecular complexity index is 1030. The highest BCUT2D eigenvalue weighted by Crippen LogP contribution is 2.44. The van der Waals surface area contributed by atoms with Gasteiger partial charge in [-0.2, -0.15) is 0 Å². The van der Waals surface area contributed by atoms with Crippen LogP contribution < -0.4 is 5.32 Å². The van der Waals surface area contributed by atoms with Crippen molar-refractivity contribution in [1.29, 1.82) is 0 Å².